The minimum atomic E-state index is -0.316. The van der Waals surface area contributed by atoms with Gasteiger partial charge in [0.25, 0.3) is 0 Å². The fraction of sp³-hybridized carbons (Fsp3) is 0.417. The molecule has 0 radical (unpaired) electrons. The van der Waals surface area contributed by atoms with Crippen molar-refractivity contribution < 1.29 is 4.74 Å². The molecular weight excluding hydrogens is 216 g/mol. The van der Waals surface area contributed by atoms with E-state index >= 15 is 0 Å². The van der Waals surface area contributed by atoms with Crippen LogP contribution < -0.4 is 0 Å². The molecule has 0 bridgehead atoms. The lowest BCUT2D eigenvalue weighted by Crippen LogP contribution is -2.29. The standard InChI is InChI=1S/C12H14N4O/c1-12(2,17-3)8-16-11-6-9(7-13)4-5-10(11)14-15-16/h4-6H,8H2,1-3H3. The van der Waals surface area contributed by atoms with Crippen molar-refractivity contribution in [2.45, 2.75) is 26.0 Å². The lowest BCUT2D eigenvalue weighted by molar-refractivity contribution is 0.00601. The Morgan fingerprint density at radius 3 is 2.88 bits per heavy atom. The van der Waals surface area contributed by atoms with Gasteiger partial charge in [0.05, 0.1) is 29.3 Å². The van der Waals surface area contributed by atoms with Crippen LogP contribution in [0.2, 0.25) is 0 Å². The van der Waals surface area contributed by atoms with E-state index < -0.39 is 0 Å². The highest BCUT2D eigenvalue weighted by atomic mass is 16.5. The summed E-state index contributed by atoms with van der Waals surface area (Å²) in [4.78, 5) is 0. The van der Waals surface area contributed by atoms with E-state index in [4.69, 9.17) is 10.00 Å². The van der Waals surface area contributed by atoms with Crippen LogP contribution in [-0.2, 0) is 11.3 Å². The van der Waals surface area contributed by atoms with Gasteiger partial charge in [-0.1, -0.05) is 5.21 Å². The lowest BCUT2D eigenvalue weighted by atomic mass is 10.1. The van der Waals surface area contributed by atoms with Crippen molar-refractivity contribution in [2.75, 3.05) is 7.11 Å². The molecule has 0 aliphatic heterocycles. The average Bonchev–Trinajstić information content (AvgIpc) is 2.71. The molecule has 0 aliphatic carbocycles. The van der Waals surface area contributed by atoms with Crippen molar-refractivity contribution in [3.8, 4) is 6.07 Å². The van der Waals surface area contributed by atoms with Crippen molar-refractivity contribution in [3.05, 3.63) is 23.8 Å². The summed E-state index contributed by atoms with van der Waals surface area (Å²) >= 11 is 0. The van der Waals surface area contributed by atoms with E-state index in [0.29, 0.717) is 12.1 Å². The second kappa shape index (κ2) is 4.15. The highest BCUT2D eigenvalue weighted by Crippen LogP contribution is 2.17. The second-order valence-corrected chi connectivity index (χ2v) is 4.53. The van der Waals surface area contributed by atoms with Gasteiger partial charge in [-0.05, 0) is 32.0 Å². The lowest BCUT2D eigenvalue weighted by Gasteiger charge is -2.22. The second-order valence-electron chi connectivity index (χ2n) is 4.53. The normalized spacial score (nSPS) is 11.6. The molecule has 1 heterocycles. The summed E-state index contributed by atoms with van der Waals surface area (Å²) in [5.74, 6) is 0. The summed E-state index contributed by atoms with van der Waals surface area (Å²) in [5, 5.41) is 17.0. The van der Waals surface area contributed by atoms with E-state index in [1.54, 1.807) is 30.0 Å². The molecule has 0 fully saturated rings. The Kier molecular flexibility index (Phi) is 2.82. The number of nitrogens with zero attached hydrogens (tertiary/aromatic N) is 4. The van der Waals surface area contributed by atoms with Crippen LogP contribution in [0.4, 0.5) is 0 Å². The van der Waals surface area contributed by atoms with Gasteiger partial charge in [0, 0.05) is 7.11 Å². The van der Waals surface area contributed by atoms with E-state index in [0.717, 1.165) is 11.0 Å². The number of rotatable bonds is 3. The van der Waals surface area contributed by atoms with E-state index in [1.807, 2.05) is 13.8 Å². The molecule has 0 saturated carbocycles. The molecule has 0 aliphatic rings. The number of hydrogen-bond donors (Lipinski definition) is 0. The molecule has 1 aromatic heterocycles. The Labute approximate surface area is 99.6 Å². The molecule has 2 rings (SSSR count). The summed E-state index contributed by atoms with van der Waals surface area (Å²) in [6.07, 6.45) is 0. The highest BCUT2D eigenvalue weighted by Gasteiger charge is 2.19. The number of ether oxygens (including phenoxy) is 1. The zero-order valence-electron chi connectivity index (χ0n) is 10.1. The van der Waals surface area contributed by atoms with Gasteiger partial charge in [0.1, 0.15) is 5.52 Å². The van der Waals surface area contributed by atoms with Gasteiger partial charge < -0.3 is 4.74 Å². The average molecular weight is 230 g/mol. The maximum atomic E-state index is 8.88. The van der Waals surface area contributed by atoms with Gasteiger partial charge in [0.15, 0.2) is 0 Å². The van der Waals surface area contributed by atoms with Crippen molar-refractivity contribution in [1.82, 2.24) is 15.0 Å². The smallest absolute Gasteiger partial charge is 0.113 e. The van der Waals surface area contributed by atoms with E-state index in [2.05, 4.69) is 16.4 Å². The molecule has 0 unspecified atom stereocenters. The first-order valence-corrected chi connectivity index (χ1v) is 5.34. The first-order chi connectivity index (χ1) is 8.05. The molecule has 0 saturated heterocycles. The largest absolute Gasteiger partial charge is 0.377 e. The van der Waals surface area contributed by atoms with Crippen LogP contribution in [0.5, 0.6) is 0 Å². The van der Waals surface area contributed by atoms with Crippen LogP contribution in [0, 0.1) is 11.3 Å². The topological polar surface area (TPSA) is 63.7 Å². The highest BCUT2D eigenvalue weighted by molar-refractivity contribution is 5.75. The first kappa shape index (κ1) is 11.6. The molecule has 88 valence electrons. The minimum Gasteiger partial charge on any atom is -0.377 e. The minimum absolute atomic E-state index is 0.316. The van der Waals surface area contributed by atoms with Crippen LogP contribution in [-0.4, -0.2) is 27.7 Å². The molecule has 5 heteroatoms. The van der Waals surface area contributed by atoms with Crippen molar-refractivity contribution in [1.29, 1.82) is 5.26 Å². The number of hydrogen-bond acceptors (Lipinski definition) is 4. The van der Waals surface area contributed by atoms with Crippen LogP contribution in [0.1, 0.15) is 19.4 Å². The van der Waals surface area contributed by atoms with Gasteiger partial charge in [0.2, 0.25) is 0 Å². The Morgan fingerprint density at radius 1 is 1.47 bits per heavy atom. The summed E-state index contributed by atoms with van der Waals surface area (Å²) in [6, 6.07) is 7.45. The molecule has 0 amide bonds. The Balaban J connectivity index is 2.45. The monoisotopic (exact) mass is 230 g/mol. The first-order valence-electron chi connectivity index (χ1n) is 5.34. The SMILES string of the molecule is COC(C)(C)Cn1nnc2ccc(C#N)cc21. The number of methoxy groups -OCH3 is 1. The van der Waals surface area contributed by atoms with Gasteiger partial charge in [-0.25, -0.2) is 4.68 Å². The zero-order valence-corrected chi connectivity index (χ0v) is 10.1. The van der Waals surface area contributed by atoms with Crippen LogP contribution in [0.3, 0.4) is 0 Å². The van der Waals surface area contributed by atoms with Crippen molar-refractivity contribution in [3.63, 3.8) is 0 Å². The zero-order chi connectivity index (χ0) is 12.5. The summed E-state index contributed by atoms with van der Waals surface area (Å²) in [5.41, 5.74) is 1.94. The Bertz CT molecular complexity index is 580. The van der Waals surface area contributed by atoms with Gasteiger partial charge >= 0.3 is 0 Å². The van der Waals surface area contributed by atoms with Crippen molar-refractivity contribution >= 4 is 11.0 Å². The van der Waals surface area contributed by atoms with Gasteiger partial charge in [-0.2, -0.15) is 5.26 Å². The van der Waals surface area contributed by atoms with Crippen LogP contribution in [0.25, 0.3) is 11.0 Å². The quantitative estimate of drug-likeness (QED) is 0.805. The van der Waals surface area contributed by atoms with Gasteiger partial charge in [-0.15, -0.1) is 5.10 Å². The maximum absolute atomic E-state index is 8.88. The summed E-state index contributed by atoms with van der Waals surface area (Å²) in [7, 11) is 1.67. The predicted octanol–water partition coefficient (Wildman–Crippen LogP) is 1.73. The van der Waals surface area contributed by atoms with Crippen LogP contribution >= 0.6 is 0 Å². The fourth-order valence-corrected chi connectivity index (χ4v) is 1.58. The fourth-order valence-electron chi connectivity index (χ4n) is 1.58. The summed E-state index contributed by atoms with van der Waals surface area (Å²) in [6.45, 7) is 4.55. The molecule has 5 nitrogen and oxygen atoms in total. The van der Waals surface area contributed by atoms with E-state index in [1.165, 1.54) is 0 Å². The maximum Gasteiger partial charge on any atom is 0.113 e. The number of nitriles is 1. The molecule has 2 aromatic rings. The molecule has 0 N–H and O–H groups in total. The molecular formula is C12H14N4O. The molecule has 17 heavy (non-hydrogen) atoms. The van der Waals surface area contributed by atoms with E-state index in [9.17, 15) is 0 Å². The summed E-state index contributed by atoms with van der Waals surface area (Å²) < 4.78 is 7.13. The molecule has 1 aromatic carbocycles. The number of aromatic nitrogens is 3. The predicted molar refractivity (Wildman–Crippen MR) is 63.3 cm³/mol. The molecule has 0 atom stereocenters. The third-order valence-electron chi connectivity index (χ3n) is 2.73. The third kappa shape index (κ3) is 2.27. The number of fused-ring (bicyclic) bond motifs is 1. The third-order valence-corrected chi connectivity index (χ3v) is 2.73. The molecule has 0 spiro atoms. The Morgan fingerprint density at radius 2 is 2.24 bits per heavy atom. The van der Waals surface area contributed by atoms with E-state index in [-0.39, 0.29) is 5.60 Å². The van der Waals surface area contributed by atoms with Gasteiger partial charge in [-0.3, -0.25) is 0 Å². The Hall–Kier alpha value is -1.93. The number of benzene rings is 1. The van der Waals surface area contributed by atoms with Crippen molar-refractivity contribution in [2.24, 2.45) is 0 Å². The van der Waals surface area contributed by atoms with Crippen LogP contribution in [0.15, 0.2) is 18.2 Å².